The molecule has 1 rings (SSSR count). The lowest BCUT2D eigenvalue weighted by Gasteiger charge is -2.19. The molecule has 0 heterocycles. The van der Waals surface area contributed by atoms with Crippen LogP contribution < -0.4 is 4.89 Å². The van der Waals surface area contributed by atoms with Crippen molar-refractivity contribution in [2.75, 3.05) is 6.26 Å². The highest BCUT2D eigenvalue weighted by molar-refractivity contribution is 7.93. The minimum atomic E-state index is -4.06. The molecule has 8 heteroatoms. The summed E-state index contributed by atoms with van der Waals surface area (Å²) in [6.45, 7) is 4.99. The number of sulfone groups is 1. The summed E-state index contributed by atoms with van der Waals surface area (Å²) in [5.74, 6) is 0. The van der Waals surface area contributed by atoms with E-state index in [2.05, 4.69) is 0 Å². The van der Waals surface area contributed by atoms with Gasteiger partial charge in [0.2, 0.25) is 0 Å². The van der Waals surface area contributed by atoms with Crippen LogP contribution in [0.4, 0.5) is 0 Å². The Labute approximate surface area is 113 Å². The summed E-state index contributed by atoms with van der Waals surface area (Å²) in [5.41, 5.74) is -0.729. The van der Waals surface area contributed by atoms with Crippen molar-refractivity contribution in [3.05, 3.63) is 24.3 Å². The monoisotopic (exact) mass is 307 g/mol. The molecule has 0 saturated carbocycles. The molecule has 108 valence electrons. The van der Waals surface area contributed by atoms with Crippen LogP contribution in [0.15, 0.2) is 34.1 Å². The van der Waals surface area contributed by atoms with Gasteiger partial charge in [0.1, 0.15) is 4.90 Å². The molecule has 0 aliphatic carbocycles. The van der Waals surface area contributed by atoms with Crippen molar-refractivity contribution in [2.45, 2.75) is 36.2 Å². The van der Waals surface area contributed by atoms with Gasteiger partial charge in [0.05, 0.1) is 10.5 Å². The molecule has 6 nitrogen and oxygen atoms in total. The SMILES string of the molecule is CC(C)(C)ONS(=O)(=O)c1ccccc1S(C)(=O)=O. The molecule has 1 aromatic carbocycles. The predicted octanol–water partition coefficient (Wildman–Crippen LogP) is 1.10. The van der Waals surface area contributed by atoms with Gasteiger partial charge in [-0.15, -0.1) is 0 Å². The van der Waals surface area contributed by atoms with E-state index >= 15 is 0 Å². The molecule has 0 unspecified atom stereocenters. The standard InChI is InChI=1S/C11H17NO5S2/c1-11(2,3)17-12-19(15,16)10-8-6-5-7-9(10)18(4,13)14/h5-8,12H,1-4H3. The fraction of sp³-hybridized carbons (Fsp3) is 0.455. The fourth-order valence-corrected chi connectivity index (χ4v) is 3.79. The van der Waals surface area contributed by atoms with Gasteiger partial charge in [-0.05, 0) is 32.9 Å². The van der Waals surface area contributed by atoms with E-state index in [9.17, 15) is 16.8 Å². The first-order valence-electron chi connectivity index (χ1n) is 5.42. The van der Waals surface area contributed by atoms with Crippen LogP contribution >= 0.6 is 0 Å². The lowest BCUT2D eigenvalue weighted by molar-refractivity contribution is -0.0358. The quantitative estimate of drug-likeness (QED) is 0.841. The van der Waals surface area contributed by atoms with Crippen molar-refractivity contribution in [1.82, 2.24) is 4.89 Å². The van der Waals surface area contributed by atoms with Gasteiger partial charge in [-0.3, -0.25) is 4.84 Å². The summed E-state index contributed by atoms with van der Waals surface area (Å²) in [5, 5.41) is 0. The van der Waals surface area contributed by atoms with Crippen LogP contribution in [0.5, 0.6) is 0 Å². The summed E-state index contributed by atoms with van der Waals surface area (Å²) in [7, 11) is -7.70. The molecule has 0 amide bonds. The molecule has 1 aromatic rings. The molecule has 0 spiro atoms. The molecule has 1 N–H and O–H groups in total. The first-order valence-corrected chi connectivity index (χ1v) is 8.80. The van der Waals surface area contributed by atoms with Gasteiger partial charge in [0, 0.05) is 6.26 Å². The Morgan fingerprint density at radius 2 is 1.47 bits per heavy atom. The maximum absolute atomic E-state index is 12.0. The van der Waals surface area contributed by atoms with Crippen molar-refractivity contribution in [3.8, 4) is 0 Å². The largest absolute Gasteiger partial charge is 0.281 e. The number of hydrogen-bond donors (Lipinski definition) is 1. The van der Waals surface area contributed by atoms with Crippen LogP contribution in [0.1, 0.15) is 20.8 Å². The number of benzene rings is 1. The Morgan fingerprint density at radius 3 is 1.89 bits per heavy atom. The Hall–Kier alpha value is -0.960. The summed E-state index contributed by atoms with van der Waals surface area (Å²) >= 11 is 0. The van der Waals surface area contributed by atoms with Gasteiger partial charge >= 0.3 is 0 Å². The highest BCUT2D eigenvalue weighted by Crippen LogP contribution is 2.20. The van der Waals surface area contributed by atoms with Gasteiger partial charge in [0.15, 0.2) is 9.84 Å². The first kappa shape index (κ1) is 16.1. The Kier molecular flexibility index (Phi) is 4.40. The fourth-order valence-electron chi connectivity index (χ4n) is 1.20. The van der Waals surface area contributed by atoms with Crippen LogP contribution in [0.2, 0.25) is 0 Å². The van der Waals surface area contributed by atoms with Gasteiger partial charge in [-0.1, -0.05) is 17.0 Å². The molecule has 0 aliphatic rings. The molecule has 0 fully saturated rings. The average Bonchev–Trinajstić information content (AvgIpc) is 2.25. The minimum absolute atomic E-state index is 0.264. The third kappa shape index (κ3) is 4.57. The third-order valence-corrected chi connectivity index (χ3v) is 4.52. The van der Waals surface area contributed by atoms with Crippen molar-refractivity contribution < 1.29 is 21.7 Å². The predicted molar refractivity (Wildman–Crippen MR) is 70.7 cm³/mol. The normalized spacial score (nSPS) is 13.5. The van der Waals surface area contributed by atoms with Crippen molar-refractivity contribution in [1.29, 1.82) is 0 Å². The number of nitrogens with one attached hydrogen (secondary N) is 1. The second kappa shape index (κ2) is 5.20. The van der Waals surface area contributed by atoms with E-state index in [1.165, 1.54) is 24.3 Å². The minimum Gasteiger partial charge on any atom is -0.281 e. The molecule has 0 atom stereocenters. The Balaban J connectivity index is 3.24. The van der Waals surface area contributed by atoms with Gasteiger partial charge in [-0.25, -0.2) is 16.8 Å². The van der Waals surface area contributed by atoms with Crippen LogP contribution in [-0.4, -0.2) is 28.7 Å². The Bertz CT molecular complexity index is 657. The molecular formula is C11H17NO5S2. The first-order chi connectivity index (χ1) is 8.43. The van der Waals surface area contributed by atoms with E-state index in [-0.39, 0.29) is 9.79 Å². The van der Waals surface area contributed by atoms with E-state index < -0.39 is 25.5 Å². The van der Waals surface area contributed by atoms with Crippen molar-refractivity contribution in [2.24, 2.45) is 0 Å². The van der Waals surface area contributed by atoms with Crippen molar-refractivity contribution >= 4 is 19.9 Å². The molecule has 19 heavy (non-hydrogen) atoms. The smallest absolute Gasteiger partial charge is 0.263 e. The topological polar surface area (TPSA) is 89.5 Å². The molecule has 0 aromatic heterocycles. The molecule has 0 saturated heterocycles. The van der Waals surface area contributed by atoms with Gasteiger partial charge in [-0.2, -0.15) is 0 Å². The maximum Gasteiger partial charge on any atom is 0.263 e. The zero-order valence-electron chi connectivity index (χ0n) is 11.2. The van der Waals surface area contributed by atoms with Gasteiger partial charge in [0.25, 0.3) is 10.0 Å². The summed E-state index contributed by atoms with van der Waals surface area (Å²) < 4.78 is 47.2. The van der Waals surface area contributed by atoms with E-state index in [1.807, 2.05) is 4.89 Å². The molecule has 0 radical (unpaired) electrons. The lowest BCUT2D eigenvalue weighted by Crippen LogP contribution is -2.34. The maximum atomic E-state index is 12.0. The molecular weight excluding hydrogens is 290 g/mol. The number of hydrogen-bond acceptors (Lipinski definition) is 5. The zero-order chi connectivity index (χ0) is 14.9. The third-order valence-electron chi connectivity index (χ3n) is 2.00. The van der Waals surface area contributed by atoms with Crippen LogP contribution in [0.3, 0.4) is 0 Å². The zero-order valence-corrected chi connectivity index (χ0v) is 12.8. The molecule has 0 aliphatic heterocycles. The summed E-state index contributed by atoms with van der Waals surface area (Å²) in [4.78, 5) is 6.32. The summed E-state index contributed by atoms with van der Waals surface area (Å²) in [6.07, 6.45) is 0.950. The van der Waals surface area contributed by atoms with Crippen molar-refractivity contribution in [3.63, 3.8) is 0 Å². The van der Waals surface area contributed by atoms with E-state index in [0.29, 0.717) is 0 Å². The summed E-state index contributed by atoms with van der Waals surface area (Å²) in [6, 6.07) is 5.35. The molecule has 0 bridgehead atoms. The van der Waals surface area contributed by atoms with E-state index in [1.54, 1.807) is 20.8 Å². The number of sulfonamides is 1. The van der Waals surface area contributed by atoms with Crippen LogP contribution in [0.25, 0.3) is 0 Å². The number of rotatable bonds is 4. The Morgan fingerprint density at radius 1 is 1.00 bits per heavy atom. The van der Waals surface area contributed by atoms with E-state index in [4.69, 9.17) is 4.84 Å². The highest BCUT2D eigenvalue weighted by Gasteiger charge is 2.25. The van der Waals surface area contributed by atoms with Crippen LogP contribution in [-0.2, 0) is 24.7 Å². The lowest BCUT2D eigenvalue weighted by atomic mass is 10.2. The van der Waals surface area contributed by atoms with E-state index in [0.717, 1.165) is 6.26 Å². The highest BCUT2D eigenvalue weighted by atomic mass is 32.2. The van der Waals surface area contributed by atoms with Crippen LogP contribution in [0, 0.1) is 0 Å². The second-order valence-corrected chi connectivity index (χ2v) is 8.62. The second-order valence-electron chi connectivity index (χ2n) is 5.02. The van der Waals surface area contributed by atoms with Gasteiger partial charge < -0.3 is 0 Å². The average molecular weight is 307 g/mol.